The Morgan fingerprint density at radius 3 is 2.46 bits per heavy atom. The number of carbonyl (C=O) groups excluding carboxylic acids is 1. The minimum Gasteiger partial charge on any atom is -0.497 e. The standard InChI is InChI=1S/C30H37BrN2O7S/c1-38-25-8-10-26(11-9-25)41(36,37)33(12-14-34)13-15-39-29-19-23(21-4-6-24(31)7-5-21)18-28(40-29)30(35)32-27-17-20-2-3-22(27)16-20/h4-11,18,20,22-23,27,29,34H,2-3,12-17,19H2,1H3,(H,32,35)/t20?,22?,23-,27?,29+/m1/s1. The Morgan fingerprint density at radius 2 is 1.83 bits per heavy atom. The van der Waals surface area contributed by atoms with Gasteiger partial charge in [-0.15, -0.1) is 0 Å². The fourth-order valence-corrected chi connectivity index (χ4v) is 7.85. The minimum absolute atomic E-state index is 0.00806. The lowest BCUT2D eigenvalue weighted by Gasteiger charge is -2.31. The Morgan fingerprint density at radius 1 is 1.07 bits per heavy atom. The average Bonchev–Trinajstić information content (AvgIpc) is 3.60. The van der Waals surface area contributed by atoms with Gasteiger partial charge in [0.05, 0.1) is 25.2 Å². The number of aliphatic hydroxyl groups is 1. The van der Waals surface area contributed by atoms with Crippen LogP contribution in [0.15, 0.2) is 69.7 Å². The molecule has 0 radical (unpaired) electrons. The Kier molecular flexibility index (Phi) is 9.70. The first-order chi connectivity index (χ1) is 19.8. The van der Waals surface area contributed by atoms with Gasteiger partial charge < -0.3 is 24.6 Å². The number of nitrogens with one attached hydrogen (secondary N) is 1. The van der Waals surface area contributed by atoms with Crippen LogP contribution in [0.25, 0.3) is 0 Å². The van der Waals surface area contributed by atoms with Gasteiger partial charge in [-0.2, -0.15) is 4.31 Å². The summed E-state index contributed by atoms with van der Waals surface area (Å²) in [5.41, 5.74) is 1.03. The van der Waals surface area contributed by atoms with E-state index in [1.54, 1.807) is 12.1 Å². The molecule has 0 spiro atoms. The summed E-state index contributed by atoms with van der Waals surface area (Å²) in [7, 11) is -2.36. The molecule has 1 heterocycles. The van der Waals surface area contributed by atoms with Crippen molar-refractivity contribution in [2.75, 3.05) is 33.4 Å². The molecule has 3 aliphatic rings. The quantitative estimate of drug-likeness (QED) is 0.355. The fourth-order valence-electron chi connectivity index (χ4n) is 6.17. The Labute approximate surface area is 250 Å². The van der Waals surface area contributed by atoms with Crippen LogP contribution in [0, 0.1) is 11.8 Å². The Balaban J connectivity index is 1.26. The normalized spacial score (nSPS) is 25.6. The van der Waals surface area contributed by atoms with E-state index >= 15 is 0 Å². The molecule has 2 N–H and O–H groups in total. The second-order valence-corrected chi connectivity index (χ2v) is 13.8. The number of hydrogen-bond donors (Lipinski definition) is 2. The van der Waals surface area contributed by atoms with Crippen molar-refractivity contribution in [3.8, 4) is 5.75 Å². The topological polar surface area (TPSA) is 114 Å². The molecule has 41 heavy (non-hydrogen) atoms. The zero-order valence-corrected chi connectivity index (χ0v) is 25.5. The molecule has 2 fully saturated rings. The number of benzene rings is 2. The molecule has 2 saturated carbocycles. The number of allylic oxidation sites excluding steroid dienone is 1. The lowest BCUT2D eigenvalue weighted by atomic mass is 9.92. The van der Waals surface area contributed by atoms with E-state index in [1.165, 1.54) is 36.4 Å². The predicted octanol–water partition coefficient (Wildman–Crippen LogP) is 4.18. The number of hydrogen-bond acceptors (Lipinski definition) is 7. The van der Waals surface area contributed by atoms with Crippen LogP contribution in [0.5, 0.6) is 5.75 Å². The van der Waals surface area contributed by atoms with Gasteiger partial charge in [-0.3, -0.25) is 4.79 Å². The largest absolute Gasteiger partial charge is 0.497 e. The first-order valence-electron chi connectivity index (χ1n) is 14.1. The maximum atomic E-state index is 13.3. The summed E-state index contributed by atoms with van der Waals surface area (Å²) < 4.78 is 45.8. The monoisotopic (exact) mass is 648 g/mol. The van der Waals surface area contributed by atoms with Crippen LogP contribution < -0.4 is 10.1 Å². The van der Waals surface area contributed by atoms with Gasteiger partial charge in [0, 0.05) is 35.9 Å². The first kappa shape index (κ1) is 30.0. The molecule has 3 unspecified atom stereocenters. The number of halogens is 1. The number of fused-ring (bicyclic) bond motifs is 2. The van der Waals surface area contributed by atoms with E-state index in [9.17, 15) is 18.3 Å². The van der Waals surface area contributed by atoms with E-state index in [1.807, 2.05) is 30.3 Å². The number of rotatable bonds is 12. The van der Waals surface area contributed by atoms with E-state index in [4.69, 9.17) is 14.2 Å². The van der Waals surface area contributed by atoms with Gasteiger partial charge in [-0.1, -0.05) is 34.5 Å². The van der Waals surface area contributed by atoms with Gasteiger partial charge in [0.25, 0.3) is 5.91 Å². The van der Waals surface area contributed by atoms with E-state index in [-0.39, 0.29) is 54.8 Å². The van der Waals surface area contributed by atoms with Gasteiger partial charge in [0.1, 0.15) is 5.75 Å². The van der Waals surface area contributed by atoms with Crippen molar-refractivity contribution in [2.45, 2.75) is 55.2 Å². The summed E-state index contributed by atoms with van der Waals surface area (Å²) in [6, 6.07) is 14.2. The molecule has 2 aliphatic carbocycles. The van der Waals surface area contributed by atoms with Crippen molar-refractivity contribution in [2.24, 2.45) is 11.8 Å². The molecule has 11 heteroatoms. The third-order valence-electron chi connectivity index (χ3n) is 8.32. The van der Waals surface area contributed by atoms with E-state index in [0.717, 1.165) is 22.9 Å². The zero-order valence-electron chi connectivity index (χ0n) is 23.1. The van der Waals surface area contributed by atoms with Crippen LogP contribution in [0.3, 0.4) is 0 Å². The summed E-state index contributed by atoms with van der Waals surface area (Å²) in [5.74, 6) is 1.67. The van der Waals surface area contributed by atoms with Crippen molar-refractivity contribution < 1.29 is 32.5 Å². The van der Waals surface area contributed by atoms with Gasteiger partial charge in [0.2, 0.25) is 16.3 Å². The molecule has 9 nitrogen and oxygen atoms in total. The molecule has 2 bridgehead atoms. The molecule has 222 valence electrons. The highest BCUT2D eigenvalue weighted by molar-refractivity contribution is 9.10. The second-order valence-electron chi connectivity index (χ2n) is 10.9. The molecule has 5 rings (SSSR count). The SMILES string of the molecule is COc1ccc(S(=O)(=O)N(CCO)CCO[C@@H]2C[C@H](c3ccc(Br)cc3)C=C(C(=O)NC3CC4CCC3C4)O2)cc1. The van der Waals surface area contributed by atoms with Gasteiger partial charge in [0.15, 0.2) is 5.76 Å². The lowest BCUT2D eigenvalue weighted by molar-refractivity contribution is -0.147. The van der Waals surface area contributed by atoms with Gasteiger partial charge in [-0.05, 0) is 79.1 Å². The highest BCUT2D eigenvalue weighted by Gasteiger charge is 2.41. The van der Waals surface area contributed by atoms with Crippen molar-refractivity contribution in [3.63, 3.8) is 0 Å². The Bertz CT molecular complexity index is 1330. The summed E-state index contributed by atoms with van der Waals surface area (Å²) in [6.07, 6.45) is 6.20. The molecule has 1 aliphatic heterocycles. The van der Waals surface area contributed by atoms with E-state index in [2.05, 4.69) is 21.2 Å². The van der Waals surface area contributed by atoms with Crippen LogP contribution in [0.2, 0.25) is 0 Å². The number of amides is 1. The minimum atomic E-state index is -3.87. The summed E-state index contributed by atoms with van der Waals surface area (Å²) >= 11 is 3.47. The third kappa shape index (κ3) is 7.14. The highest BCUT2D eigenvalue weighted by atomic mass is 79.9. The first-order valence-corrected chi connectivity index (χ1v) is 16.3. The average molecular weight is 650 g/mol. The summed E-state index contributed by atoms with van der Waals surface area (Å²) in [6.45, 7) is -0.387. The zero-order chi connectivity index (χ0) is 29.0. The highest BCUT2D eigenvalue weighted by Crippen LogP contribution is 2.44. The second kappa shape index (κ2) is 13.2. The van der Waals surface area contributed by atoms with Crippen molar-refractivity contribution in [1.82, 2.24) is 9.62 Å². The number of nitrogens with zero attached hydrogens (tertiary/aromatic N) is 1. The molecule has 5 atom stereocenters. The number of aliphatic hydroxyl groups excluding tert-OH is 1. The molecular formula is C30H37BrN2O7S. The molecule has 2 aromatic rings. The lowest BCUT2D eigenvalue weighted by Crippen LogP contribution is -2.41. The van der Waals surface area contributed by atoms with Crippen LogP contribution in [-0.2, 0) is 24.3 Å². The van der Waals surface area contributed by atoms with Crippen molar-refractivity contribution in [3.05, 3.63) is 70.4 Å². The maximum absolute atomic E-state index is 13.3. The Hall–Kier alpha value is -2.44. The van der Waals surface area contributed by atoms with Crippen molar-refractivity contribution >= 4 is 31.9 Å². The predicted molar refractivity (Wildman–Crippen MR) is 157 cm³/mol. The number of methoxy groups -OCH3 is 1. The van der Waals surface area contributed by atoms with Gasteiger partial charge >= 0.3 is 0 Å². The van der Waals surface area contributed by atoms with Crippen LogP contribution >= 0.6 is 15.9 Å². The van der Waals surface area contributed by atoms with Crippen LogP contribution in [0.4, 0.5) is 0 Å². The van der Waals surface area contributed by atoms with E-state index < -0.39 is 16.3 Å². The van der Waals surface area contributed by atoms with Gasteiger partial charge in [-0.25, -0.2) is 8.42 Å². The molecular weight excluding hydrogens is 612 g/mol. The molecule has 0 aromatic heterocycles. The maximum Gasteiger partial charge on any atom is 0.286 e. The van der Waals surface area contributed by atoms with Crippen LogP contribution in [-0.4, -0.2) is 69.5 Å². The number of sulfonamides is 1. The molecule has 0 saturated heterocycles. The number of carbonyl (C=O) groups is 1. The molecule has 1 amide bonds. The summed E-state index contributed by atoms with van der Waals surface area (Å²) in [5, 5.41) is 12.8. The smallest absolute Gasteiger partial charge is 0.286 e. The summed E-state index contributed by atoms with van der Waals surface area (Å²) in [4.78, 5) is 13.4. The number of ether oxygens (including phenoxy) is 3. The van der Waals surface area contributed by atoms with E-state index in [0.29, 0.717) is 24.0 Å². The van der Waals surface area contributed by atoms with Crippen LogP contribution in [0.1, 0.15) is 43.6 Å². The fraction of sp³-hybridized carbons (Fsp3) is 0.500. The third-order valence-corrected chi connectivity index (χ3v) is 10.8. The van der Waals surface area contributed by atoms with Crippen molar-refractivity contribution in [1.29, 1.82) is 0 Å². The molecule has 2 aromatic carbocycles.